The standard InChI is InChI=1S/C14H17N3O2S/c1-8-9(2)20-12-10(8)11(15-7-16-12)17-5-4-14(3,6-17)13(18)19/h7H,4-6H2,1-3H3,(H,18,19). The number of hydrogen-bond donors (Lipinski definition) is 1. The van der Waals surface area contributed by atoms with Gasteiger partial charge in [0.2, 0.25) is 0 Å². The first-order valence-corrected chi connectivity index (χ1v) is 7.43. The van der Waals surface area contributed by atoms with E-state index in [2.05, 4.69) is 28.7 Å². The molecule has 1 unspecified atom stereocenters. The van der Waals surface area contributed by atoms with Gasteiger partial charge in [-0.15, -0.1) is 11.3 Å². The van der Waals surface area contributed by atoms with Gasteiger partial charge in [0.15, 0.2) is 0 Å². The molecule has 1 atom stereocenters. The molecule has 2 aromatic rings. The maximum absolute atomic E-state index is 11.4. The summed E-state index contributed by atoms with van der Waals surface area (Å²) in [5, 5.41) is 10.4. The summed E-state index contributed by atoms with van der Waals surface area (Å²) in [5.74, 6) is 0.144. The number of rotatable bonds is 2. The Bertz CT molecular complexity index is 697. The van der Waals surface area contributed by atoms with E-state index >= 15 is 0 Å². The molecule has 3 heterocycles. The van der Waals surface area contributed by atoms with Crippen molar-refractivity contribution in [2.45, 2.75) is 27.2 Å². The molecule has 6 heteroatoms. The third-order valence-electron chi connectivity index (χ3n) is 4.23. The Morgan fingerprint density at radius 1 is 1.45 bits per heavy atom. The van der Waals surface area contributed by atoms with Crippen LogP contribution in [0, 0.1) is 19.3 Å². The Labute approximate surface area is 121 Å². The van der Waals surface area contributed by atoms with E-state index in [0.29, 0.717) is 13.0 Å². The van der Waals surface area contributed by atoms with Crippen molar-refractivity contribution in [3.63, 3.8) is 0 Å². The predicted octanol–water partition coefficient (Wildman–Crippen LogP) is 2.61. The Kier molecular flexibility index (Phi) is 2.93. The number of aromatic nitrogens is 2. The van der Waals surface area contributed by atoms with Crippen LogP contribution in [-0.2, 0) is 4.79 Å². The molecular formula is C14H17N3O2S. The fourth-order valence-electron chi connectivity index (χ4n) is 2.72. The average molecular weight is 291 g/mol. The fourth-order valence-corrected chi connectivity index (χ4v) is 3.71. The number of carboxylic acid groups (broad SMARTS) is 1. The normalized spacial score (nSPS) is 22.6. The molecule has 0 bridgehead atoms. The minimum Gasteiger partial charge on any atom is -0.481 e. The van der Waals surface area contributed by atoms with Crippen LogP contribution in [0.25, 0.3) is 10.2 Å². The molecule has 0 spiro atoms. The van der Waals surface area contributed by atoms with Gasteiger partial charge in [-0.05, 0) is 32.8 Å². The number of carboxylic acids is 1. The molecule has 0 aliphatic carbocycles. The molecule has 1 fully saturated rings. The zero-order chi connectivity index (χ0) is 14.5. The van der Waals surface area contributed by atoms with Gasteiger partial charge in [0, 0.05) is 18.0 Å². The molecule has 2 aromatic heterocycles. The van der Waals surface area contributed by atoms with Gasteiger partial charge in [0.1, 0.15) is 17.0 Å². The van der Waals surface area contributed by atoms with Crippen molar-refractivity contribution < 1.29 is 9.90 Å². The van der Waals surface area contributed by atoms with Crippen LogP contribution in [0.5, 0.6) is 0 Å². The molecule has 20 heavy (non-hydrogen) atoms. The zero-order valence-electron chi connectivity index (χ0n) is 11.8. The summed E-state index contributed by atoms with van der Waals surface area (Å²) in [7, 11) is 0. The Morgan fingerprint density at radius 3 is 2.85 bits per heavy atom. The van der Waals surface area contributed by atoms with Crippen molar-refractivity contribution >= 4 is 33.3 Å². The highest BCUT2D eigenvalue weighted by Gasteiger charge is 2.41. The second-order valence-corrected chi connectivity index (χ2v) is 6.90. The first-order valence-electron chi connectivity index (χ1n) is 6.61. The third-order valence-corrected chi connectivity index (χ3v) is 5.35. The fraction of sp³-hybridized carbons (Fsp3) is 0.500. The lowest BCUT2D eigenvalue weighted by Crippen LogP contribution is -2.32. The largest absolute Gasteiger partial charge is 0.481 e. The van der Waals surface area contributed by atoms with Crippen LogP contribution in [0.2, 0.25) is 0 Å². The van der Waals surface area contributed by atoms with E-state index in [1.165, 1.54) is 10.4 Å². The van der Waals surface area contributed by atoms with E-state index in [-0.39, 0.29) is 0 Å². The predicted molar refractivity (Wildman–Crippen MR) is 79.5 cm³/mol. The molecule has 5 nitrogen and oxygen atoms in total. The number of carbonyl (C=O) groups is 1. The summed E-state index contributed by atoms with van der Waals surface area (Å²) in [4.78, 5) is 24.4. The smallest absolute Gasteiger partial charge is 0.311 e. The van der Waals surface area contributed by atoms with E-state index in [9.17, 15) is 9.90 Å². The molecule has 0 aromatic carbocycles. The lowest BCUT2D eigenvalue weighted by Gasteiger charge is -2.21. The number of aryl methyl sites for hydroxylation is 2. The molecule has 1 aliphatic rings. The maximum Gasteiger partial charge on any atom is 0.311 e. The number of fused-ring (bicyclic) bond motifs is 1. The maximum atomic E-state index is 11.4. The number of thiophene rings is 1. The SMILES string of the molecule is Cc1sc2ncnc(N3CCC(C)(C(=O)O)C3)c2c1C. The van der Waals surface area contributed by atoms with Crippen LogP contribution in [-0.4, -0.2) is 34.1 Å². The van der Waals surface area contributed by atoms with Gasteiger partial charge in [0.05, 0.1) is 10.8 Å². The van der Waals surface area contributed by atoms with E-state index in [0.717, 1.165) is 22.6 Å². The molecule has 1 aliphatic heterocycles. The van der Waals surface area contributed by atoms with Gasteiger partial charge in [-0.3, -0.25) is 4.79 Å². The van der Waals surface area contributed by atoms with Crippen molar-refractivity contribution in [3.8, 4) is 0 Å². The Morgan fingerprint density at radius 2 is 2.20 bits per heavy atom. The second kappa shape index (κ2) is 4.41. The van der Waals surface area contributed by atoms with Crippen LogP contribution in [0.1, 0.15) is 23.8 Å². The van der Waals surface area contributed by atoms with Crippen LogP contribution in [0.15, 0.2) is 6.33 Å². The van der Waals surface area contributed by atoms with Crippen LogP contribution >= 0.6 is 11.3 Å². The van der Waals surface area contributed by atoms with Crippen LogP contribution < -0.4 is 4.90 Å². The minimum absolute atomic E-state index is 0.503. The van der Waals surface area contributed by atoms with Crippen molar-refractivity contribution in [3.05, 3.63) is 16.8 Å². The Hall–Kier alpha value is -1.69. The number of anilines is 1. The highest BCUT2D eigenvalue weighted by molar-refractivity contribution is 7.18. The molecule has 0 radical (unpaired) electrons. The zero-order valence-corrected chi connectivity index (χ0v) is 12.6. The lowest BCUT2D eigenvalue weighted by molar-refractivity contribution is -0.146. The van der Waals surface area contributed by atoms with Gasteiger partial charge in [-0.1, -0.05) is 0 Å². The number of aliphatic carboxylic acids is 1. The van der Waals surface area contributed by atoms with Crippen molar-refractivity contribution in [1.82, 2.24) is 9.97 Å². The topological polar surface area (TPSA) is 66.3 Å². The minimum atomic E-state index is -0.733. The average Bonchev–Trinajstić information content (AvgIpc) is 2.93. The molecule has 1 saturated heterocycles. The van der Waals surface area contributed by atoms with Gasteiger partial charge >= 0.3 is 5.97 Å². The molecule has 0 amide bonds. The molecule has 1 N–H and O–H groups in total. The van der Waals surface area contributed by atoms with E-state index in [1.54, 1.807) is 24.6 Å². The molecular weight excluding hydrogens is 274 g/mol. The lowest BCUT2D eigenvalue weighted by atomic mass is 9.90. The van der Waals surface area contributed by atoms with Gasteiger partial charge in [-0.2, -0.15) is 0 Å². The van der Waals surface area contributed by atoms with Gasteiger partial charge < -0.3 is 10.0 Å². The molecule has 0 saturated carbocycles. The Balaban J connectivity index is 2.06. The summed E-state index contributed by atoms with van der Waals surface area (Å²) in [6, 6.07) is 0. The monoisotopic (exact) mass is 291 g/mol. The van der Waals surface area contributed by atoms with Crippen LogP contribution in [0.3, 0.4) is 0 Å². The summed E-state index contributed by atoms with van der Waals surface area (Å²) in [5.41, 5.74) is 0.514. The van der Waals surface area contributed by atoms with Crippen molar-refractivity contribution in [2.75, 3.05) is 18.0 Å². The molecule has 106 valence electrons. The molecule has 3 rings (SSSR count). The first kappa shape index (κ1) is 13.3. The quantitative estimate of drug-likeness (QED) is 0.921. The highest BCUT2D eigenvalue weighted by atomic mass is 32.1. The van der Waals surface area contributed by atoms with E-state index < -0.39 is 11.4 Å². The summed E-state index contributed by atoms with van der Waals surface area (Å²) in [6.07, 6.45) is 2.22. The third kappa shape index (κ3) is 1.86. The number of nitrogens with zero attached hydrogens (tertiary/aromatic N) is 3. The van der Waals surface area contributed by atoms with E-state index in [1.807, 2.05) is 0 Å². The summed E-state index contributed by atoms with van der Waals surface area (Å²) in [6.45, 7) is 7.19. The van der Waals surface area contributed by atoms with Crippen molar-refractivity contribution in [1.29, 1.82) is 0 Å². The highest BCUT2D eigenvalue weighted by Crippen LogP contribution is 2.38. The van der Waals surface area contributed by atoms with Crippen LogP contribution in [0.4, 0.5) is 5.82 Å². The summed E-state index contributed by atoms with van der Waals surface area (Å²) < 4.78 is 0. The summed E-state index contributed by atoms with van der Waals surface area (Å²) >= 11 is 1.66. The second-order valence-electron chi connectivity index (χ2n) is 5.70. The van der Waals surface area contributed by atoms with Gasteiger partial charge in [0.25, 0.3) is 0 Å². The number of hydrogen-bond acceptors (Lipinski definition) is 5. The van der Waals surface area contributed by atoms with Crippen molar-refractivity contribution in [2.24, 2.45) is 5.41 Å². The first-order chi connectivity index (χ1) is 9.42. The van der Waals surface area contributed by atoms with E-state index in [4.69, 9.17) is 0 Å². The van der Waals surface area contributed by atoms with Gasteiger partial charge in [-0.25, -0.2) is 9.97 Å².